The Labute approximate surface area is 175 Å². The SMILES string of the molecule is O=C(CC1SC(=NN=CC=Cc2ccccc2)NC1=O)Nc1ccc(Br)cc1. The summed E-state index contributed by atoms with van der Waals surface area (Å²) >= 11 is 4.54. The molecule has 1 saturated heterocycles. The average Bonchev–Trinajstić information content (AvgIpc) is 3.03. The standard InChI is InChI=1S/C20H17BrN4O2S/c21-15-8-10-16(11-9-15)23-18(26)13-17-19(27)24-20(28-17)25-22-12-4-7-14-5-2-1-3-6-14/h1-12,17H,13H2,(H,23,26)(H,24,25,27). The molecule has 8 heteroatoms. The minimum absolute atomic E-state index is 0.0587. The van der Waals surface area contributed by atoms with Crippen LogP contribution in [0.4, 0.5) is 5.69 Å². The Morgan fingerprint density at radius 2 is 1.93 bits per heavy atom. The van der Waals surface area contributed by atoms with Crippen LogP contribution in [0.3, 0.4) is 0 Å². The number of benzene rings is 2. The number of carbonyl (C=O) groups is 2. The molecular formula is C20H17BrN4O2S. The summed E-state index contributed by atoms with van der Waals surface area (Å²) in [5.74, 6) is -0.477. The van der Waals surface area contributed by atoms with E-state index in [2.05, 4.69) is 36.8 Å². The van der Waals surface area contributed by atoms with Crippen molar-refractivity contribution in [1.29, 1.82) is 0 Å². The fourth-order valence-corrected chi connectivity index (χ4v) is 3.53. The van der Waals surface area contributed by atoms with Gasteiger partial charge in [0.15, 0.2) is 5.17 Å². The molecule has 0 bridgehead atoms. The van der Waals surface area contributed by atoms with Crippen molar-refractivity contribution in [3.63, 3.8) is 0 Å². The fourth-order valence-electron chi connectivity index (χ4n) is 2.34. The van der Waals surface area contributed by atoms with Gasteiger partial charge in [0, 0.05) is 22.8 Å². The first kappa shape index (κ1) is 20.0. The van der Waals surface area contributed by atoms with E-state index in [1.165, 1.54) is 11.8 Å². The van der Waals surface area contributed by atoms with Crippen LogP contribution < -0.4 is 10.6 Å². The molecule has 142 valence electrons. The number of anilines is 1. The molecule has 2 amide bonds. The van der Waals surface area contributed by atoms with Crippen molar-refractivity contribution < 1.29 is 9.59 Å². The molecular weight excluding hydrogens is 440 g/mol. The van der Waals surface area contributed by atoms with Crippen LogP contribution in [-0.2, 0) is 9.59 Å². The lowest BCUT2D eigenvalue weighted by Crippen LogP contribution is -2.28. The molecule has 1 fully saturated rings. The Bertz CT molecular complexity index is 927. The average molecular weight is 457 g/mol. The van der Waals surface area contributed by atoms with Gasteiger partial charge in [0.05, 0.1) is 0 Å². The lowest BCUT2D eigenvalue weighted by Gasteiger charge is -2.07. The maximum absolute atomic E-state index is 12.1. The van der Waals surface area contributed by atoms with Crippen LogP contribution in [0.5, 0.6) is 0 Å². The Hall–Kier alpha value is -2.71. The van der Waals surface area contributed by atoms with E-state index in [1.807, 2.05) is 48.5 Å². The summed E-state index contributed by atoms with van der Waals surface area (Å²) in [5.41, 5.74) is 1.74. The second-order valence-corrected chi connectivity index (χ2v) is 7.90. The second kappa shape index (κ2) is 10.0. The van der Waals surface area contributed by atoms with E-state index in [0.717, 1.165) is 10.0 Å². The van der Waals surface area contributed by atoms with Crippen LogP contribution in [0.15, 0.2) is 75.3 Å². The van der Waals surface area contributed by atoms with Gasteiger partial charge in [-0.3, -0.25) is 9.59 Å². The van der Waals surface area contributed by atoms with Crippen molar-refractivity contribution in [2.75, 3.05) is 5.32 Å². The van der Waals surface area contributed by atoms with Crippen molar-refractivity contribution in [2.45, 2.75) is 11.7 Å². The number of nitrogens with one attached hydrogen (secondary N) is 2. The number of rotatable bonds is 6. The molecule has 2 aromatic rings. The zero-order valence-corrected chi connectivity index (χ0v) is 17.1. The molecule has 3 rings (SSSR count). The molecule has 2 aromatic carbocycles. The number of carbonyl (C=O) groups excluding carboxylic acids is 2. The molecule has 6 nitrogen and oxygen atoms in total. The number of halogens is 1. The highest BCUT2D eigenvalue weighted by atomic mass is 79.9. The van der Waals surface area contributed by atoms with E-state index in [0.29, 0.717) is 10.9 Å². The molecule has 2 N–H and O–H groups in total. The predicted molar refractivity (Wildman–Crippen MR) is 118 cm³/mol. The second-order valence-electron chi connectivity index (χ2n) is 5.79. The summed E-state index contributed by atoms with van der Waals surface area (Å²) in [6.07, 6.45) is 5.27. The van der Waals surface area contributed by atoms with Gasteiger partial charge in [0.25, 0.3) is 0 Å². The molecule has 28 heavy (non-hydrogen) atoms. The highest BCUT2D eigenvalue weighted by molar-refractivity contribution is 9.10. The van der Waals surface area contributed by atoms with E-state index in [1.54, 1.807) is 24.4 Å². The molecule has 1 unspecified atom stereocenters. The minimum atomic E-state index is -0.524. The molecule has 0 spiro atoms. The highest BCUT2D eigenvalue weighted by Crippen LogP contribution is 2.23. The summed E-state index contributed by atoms with van der Waals surface area (Å²) in [5, 5.41) is 13.2. The van der Waals surface area contributed by atoms with E-state index in [4.69, 9.17) is 0 Å². The zero-order valence-electron chi connectivity index (χ0n) is 14.7. The topological polar surface area (TPSA) is 82.9 Å². The van der Waals surface area contributed by atoms with E-state index < -0.39 is 5.25 Å². The number of thioether (sulfide) groups is 1. The number of hydrogen-bond donors (Lipinski definition) is 2. The van der Waals surface area contributed by atoms with Gasteiger partial charge in [-0.15, -0.1) is 5.10 Å². The van der Waals surface area contributed by atoms with Crippen LogP contribution in [-0.4, -0.2) is 28.4 Å². The molecule has 1 atom stereocenters. The smallest absolute Gasteiger partial charge is 0.240 e. The van der Waals surface area contributed by atoms with Crippen LogP contribution >= 0.6 is 27.7 Å². The van der Waals surface area contributed by atoms with Gasteiger partial charge in [-0.05, 0) is 35.9 Å². The van der Waals surface area contributed by atoms with Gasteiger partial charge >= 0.3 is 0 Å². The first-order chi connectivity index (χ1) is 13.6. The van der Waals surface area contributed by atoms with Crippen LogP contribution in [0.1, 0.15) is 12.0 Å². The first-order valence-corrected chi connectivity index (χ1v) is 10.1. The molecule has 1 aliphatic rings. The lowest BCUT2D eigenvalue weighted by molar-refractivity contribution is -0.122. The summed E-state index contributed by atoms with van der Waals surface area (Å²) in [4.78, 5) is 24.2. The number of hydrogen-bond acceptors (Lipinski definition) is 5. The third kappa shape index (κ3) is 6.17. The largest absolute Gasteiger partial charge is 0.326 e. The fraction of sp³-hybridized carbons (Fsp3) is 0.100. The van der Waals surface area contributed by atoms with Gasteiger partial charge in [-0.25, -0.2) is 0 Å². The Morgan fingerprint density at radius 1 is 1.18 bits per heavy atom. The molecule has 0 radical (unpaired) electrons. The summed E-state index contributed by atoms with van der Waals surface area (Å²) < 4.78 is 0.927. The van der Waals surface area contributed by atoms with Crippen LogP contribution in [0, 0.1) is 0 Å². The Kier molecular flexibility index (Phi) is 7.16. The van der Waals surface area contributed by atoms with Crippen molar-refractivity contribution in [1.82, 2.24) is 5.32 Å². The van der Waals surface area contributed by atoms with Gasteiger partial charge < -0.3 is 10.6 Å². The van der Waals surface area contributed by atoms with Gasteiger partial charge in [0.1, 0.15) is 5.25 Å². The molecule has 1 aliphatic heterocycles. The van der Waals surface area contributed by atoms with Crippen molar-refractivity contribution >= 4 is 62.7 Å². The number of amidine groups is 1. The Morgan fingerprint density at radius 3 is 2.68 bits per heavy atom. The number of allylic oxidation sites excluding steroid dienone is 1. The van der Waals surface area contributed by atoms with Gasteiger partial charge in [-0.1, -0.05) is 64.1 Å². The molecule has 1 heterocycles. The number of amides is 2. The minimum Gasteiger partial charge on any atom is -0.326 e. The lowest BCUT2D eigenvalue weighted by atomic mass is 10.2. The van der Waals surface area contributed by atoms with E-state index in [9.17, 15) is 9.59 Å². The first-order valence-electron chi connectivity index (χ1n) is 8.46. The van der Waals surface area contributed by atoms with Crippen LogP contribution in [0.25, 0.3) is 6.08 Å². The van der Waals surface area contributed by atoms with Crippen molar-refractivity contribution in [3.8, 4) is 0 Å². The van der Waals surface area contributed by atoms with Crippen LogP contribution in [0.2, 0.25) is 0 Å². The summed E-state index contributed by atoms with van der Waals surface area (Å²) in [6, 6.07) is 17.1. The monoisotopic (exact) mass is 456 g/mol. The van der Waals surface area contributed by atoms with Crippen molar-refractivity contribution in [3.05, 3.63) is 70.7 Å². The molecule has 0 aromatic heterocycles. The van der Waals surface area contributed by atoms with Gasteiger partial charge in [-0.2, -0.15) is 5.10 Å². The normalized spacial score (nSPS) is 18.1. The van der Waals surface area contributed by atoms with E-state index >= 15 is 0 Å². The third-order valence-corrected chi connectivity index (χ3v) is 5.27. The highest BCUT2D eigenvalue weighted by Gasteiger charge is 2.32. The summed E-state index contributed by atoms with van der Waals surface area (Å²) in [6.45, 7) is 0. The van der Waals surface area contributed by atoms with E-state index in [-0.39, 0.29) is 18.2 Å². The maximum atomic E-state index is 12.1. The van der Waals surface area contributed by atoms with Crippen molar-refractivity contribution in [2.24, 2.45) is 10.2 Å². The molecule has 0 saturated carbocycles. The Balaban J connectivity index is 1.49. The third-order valence-electron chi connectivity index (χ3n) is 3.66. The summed E-state index contributed by atoms with van der Waals surface area (Å²) in [7, 11) is 0. The zero-order chi connectivity index (χ0) is 19.8. The van der Waals surface area contributed by atoms with Gasteiger partial charge in [0.2, 0.25) is 11.8 Å². The number of nitrogens with zero attached hydrogens (tertiary/aromatic N) is 2. The predicted octanol–water partition coefficient (Wildman–Crippen LogP) is 4.06. The quantitative estimate of drug-likeness (QED) is 0.507. The molecule has 0 aliphatic carbocycles. The maximum Gasteiger partial charge on any atom is 0.240 e.